The minimum atomic E-state index is -0.174. The highest BCUT2D eigenvalue weighted by Gasteiger charge is 2.30. The van der Waals surface area contributed by atoms with Gasteiger partial charge in [0.05, 0.1) is 12.6 Å². The van der Waals surface area contributed by atoms with E-state index in [1.165, 1.54) is 11.1 Å². The summed E-state index contributed by atoms with van der Waals surface area (Å²) >= 11 is 0. The first-order chi connectivity index (χ1) is 10.2. The van der Waals surface area contributed by atoms with Crippen LogP contribution in [0.4, 0.5) is 0 Å². The van der Waals surface area contributed by atoms with E-state index >= 15 is 0 Å². The SMILES string of the molecule is CCC(CC)N(CCO)C(=O)C1Cc2ccccc2CN1. The zero-order valence-electron chi connectivity index (χ0n) is 13.0. The second kappa shape index (κ2) is 7.57. The molecule has 4 heteroatoms. The van der Waals surface area contributed by atoms with Crippen LogP contribution in [-0.4, -0.2) is 41.1 Å². The van der Waals surface area contributed by atoms with Crippen LogP contribution in [0.5, 0.6) is 0 Å². The minimum absolute atomic E-state index is 0.0194. The van der Waals surface area contributed by atoms with Crippen LogP contribution in [0.3, 0.4) is 0 Å². The molecule has 0 fully saturated rings. The Bertz CT molecular complexity index is 472. The molecular weight excluding hydrogens is 264 g/mol. The molecule has 1 heterocycles. The Hall–Kier alpha value is -1.39. The lowest BCUT2D eigenvalue weighted by molar-refractivity contribution is -0.136. The third-order valence-electron chi connectivity index (χ3n) is 4.39. The number of benzene rings is 1. The average Bonchev–Trinajstić information content (AvgIpc) is 2.54. The number of hydrogen-bond acceptors (Lipinski definition) is 3. The summed E-state index contributed by atoms with van der Waals surface area (Å²) < 4.78 is 0. The van der Waals surface area contributed by atoms with E-state index < -0.39 is 0 Å². The summed E-state index contributed by atoms with van der Waals surface area (Å²) in [5, 5.41) is 12.6. The van der Waals surface area contributed by atoms with E-state index in [9.17, 15) is 9.90 Å². The number of amides is 1. The molecule has 0 aliphatic carbocycles. The van der Waals surface area contributed by atoms with E-state index in [1.54, 1.807) is 0 Å². The molecule has 0 saturated carbocycles. The van der Waals surface area contributed by atoms with Gasteiger partial charge < -0.3 is 15.3 Å². The molecule has 1 aliphatic rings. The van der Waals surface area contributed by atoms with E-state index in [0.29, 0.717) is 6.54 Å². The maximum Gasteiger partial charge on any atom is 0.240 e. The van der Waals surface area contributed by atoms with Crippen LogP contribution in [0.2, 0.25) is 0 Å². The summed E-state index contributed by atoms with van der Waals surface area (Å²) in [5.74, 6) is 0.118. The number of nitrogens with zero attached hydrogens (tertiary/aromatic N) is 1. The van der Waals surface area contributed by atoms with Gasteiger partial charge in [0.15, 0.2) is 0 Å². The summed E-state index contributed by atoms with van der Waals surface area (Å²) in [6.07, 6.45) is 2.58. The van der Waals surface area contributed by atoms with Gasteiger partial charge in [-0.1, -0.05) is 38.1 Å². The fourth-order valence-corrected chi connectivity index (χ4v) is 3.14. The molecule has 21 heavy (non-hydrogen) atoms. The molecule has 1 atom stereocenters. The van der Waals surface area contributed by atoms with Crippen molar-refractivity contribution in [3.05, 3.63) is 35.4 Å². The molecule has 116 valence electrons. The maximum atomic E-state index is 12.8. The fraction of sp³-hybridized carbons (Fsp3) is 0.588. The molecule has 0 radical (unpaired) electrons. The quantitative estimate of drug-likeness (QED) is 0.838. The fourth-order valence-electron chi connectivity index (χ4n) is 3.14. The molecule has 0 saturated heterocycles. The highest BCUT2D eigenvalue weighted by Crippen LogP contribution is 2.19. The molecule has 1 aromatic carbocycles. The number of aliphatic hydroxyl groups is 1. The van der Waals surface area contributed by atoms with E-state index in [2.05, 4.69) is 31.3 Å². The summed E-state index contributed by atoms with van der Waals surface area (Å²) in [6, 6.07) is 8.30. The lowest BCUT2D eigenvalue weighted by Gasteiger charge is -2.35. The molecule has 1 amide bonds. The van der Waals surface area contributed by atoms with Crippen molar-refractivity contribution in [1.29, 1.82) is 0 Å². The van der Waals surface area contributed by atoms with Gasteiger partial charge in [0.25, 0.3) is 0 Å². The first kappa shape index (κ1) is 16.0. The van der Waals surface area contributed by atoms with Crippen molar-refractivity contribution < 1.29 is 9.90 Å². The number of rotatable bonds is 6. The van der Waals surface area contributed by atoms with Crippen molar-refractivity contribution in [1.82, 2.24) is 10.2 Å². The molecule has 1 unspecified atom stereocenters. The molecule has 0 aromatic heterocycles. The van der Waals surface area contributed by atoms with Crippen molar-refractivity contribution in [3.8, 4) is 0 Å². The molecule has 2 rings (SSSR count). The first-order valence-electron chi connectivity index (χ1n) is 7.92. The third-order valence-corrected chi connectivity index (χ3v) is 4.39. The normalized spacial score (nSPS) is 17.6. The van der Waals surface area contributed by atoms with Crippen molar-refractivity contribution >= 4 is 5.91 Å². The van der Waals surface area contributed by atoms with Crippen LogP contribution in [0, 0.1) is 0 Å². The Labute approximate surface area is 127 Å². The van der Waals surface area contributed by atoms with E-state index in [1.807, 2.05) is 17.0 Å². The predicted molar refractivity (Wildman–Crippen MR) is 83.9 cm³/mol. The van der Waals surface area contributed by atoms with Crippen LogP contribution in [0.1, 0.15) is 37.8 Å². The highest BCUT2D eigenvalue weighted by atomic mass is 16.3. The first-order valence-corrected chi connectivity index (χ1v) is 7.92. The topological polar surface area (TPSA) is 52.6 Å². The number of carbonyl (C=O) groups is 1. The van der Waals surface area contributed by atoms with Gasteiger partial charge in [-0.25, -0.2) is 0 Å². The number of hydrogen-bond donors (Lipinski definition) is 2. The zero-order valence-corrected chi connectivity index (χ0v) is 13.0. The number of carbonyl (C=O) groups excluding carboxylic acids is 1. The highest BCUT2D eigenvalue weighted by molar-refractivity contribution is 5.83. The average molecular weight is 290 g/mol. The van der Waals surface area contributed by atoms with Gasteiger partial charge in [0, 0.05) is 19.1 Å². The third kappa shape index (κ3) is 3.63. The van der Waals surface area contributed by atoms with Crippen LogP contribution >= 0.6 is 0 Å². The van der Waals surface area contributed by atoms with Crippen molar-refractivity contribution in [2.45, 2.75) is 51.7 Å². The molecule has 0 bridgehead atoms. The summed E-state index contributed by atoms with van der Waals surface area (Å²) in [5.41, 5.74) is 2.53. The predicted octanol–water partition coefficient (Wildman–Crippen LogP) is 1.71. The van der Waals surface area contributed by atoms with Gasteiger partial charge in [-0.15, -0.1) is 0 Å². The van der Waals surface area contributed by atoms with Crippen LogP contribution in [0.15, 0.2) is 24.3 Å². The Morgan fingerprint density at radius 2 is 2.00 bits per heavy atom. The summed E-state index contributed by atoms with van der Waals surface area (Å²) in [6.45, 7) is 5.36. The number of nitrogens with one attached hydrogen (secondary N) is 1. The van der Waals surface area contributed by atoms with Gasteiger partial charge in [-0.05, 0) is 30.4 Å². The monoisotopic (exact) mass is 290 g/mol. The Kier molecular flexibility index (Phi) is 5.76. The van der Waals surface area contributed by atoms with Gasteiger partial charge in [-0.3, -0.25) is 4.79 Å². The van der Waals surface area contributed by atoms with Gasteiger partial charge >= 0.3 is 0 Å². The largest absolute Gasteiger partial charge is 0.395 e. The molecule has 1 aromatic rings. The second-order valence-corrected chi connectivity index (χ2v) is 5.63. The standard InChI is InChI=1S/C17H26N2O2/c1-3-15(4-2)19(9-10-20)17(21)16-11-13-7-5-6-8-14(13)12-18-16/h5-8,15-16,18,20H,3-4,9-12H2,1-2H3. The zero-order chi connectivity index (χ0) is 15.2. The van der Waals surface area contributed by atoms with E-state index in [-0.39, 0.29) is 24.6 Å². The van der Waals surface area contributed by atoms with E-state index in [0.717, 1.165) is 25.8 Å². The van der Waals surface area contributed by atoms with Crippen LogP contribution in [-0.2, 0) is 17.8 Å². The van der Waals surface area contributed by atoms with Crippen LogP contribution < -0.4 is 5.32 Å². The lowest BCUT2D eigenvalue weighted by atomic mass is 9.94. The Morgan fingerprint density at radius 3 is 2.62 bits per heavy atom. The molecule has 0 spiro atoms. The lowest BCUT2D eigenvalue weighted by Crippen LogP contribution is -2.53. The second-order valence-electron chi connectivity index (χ2n) is 5.63. The van der Waals surface area contributed by atoms with Crippen molar-refractivity contribution in [2.24, 2.45) is 0 Å². The van der Waals surface area contributed by atoms with Gasteiger partial charge in [-0.2, -0.15) is 0 Å². The number of aliphatic hydroxyl groups excluding tert-OH is 1. The van der Waals surface area contributed by atoms with E-state index in [4.69, 9.17) is 0 Å². The molecule has 2 N–H and O–H groups in total. The van der Waals surface area contributed by atoms with Gasteiger partial charge in [0.2, 0.25) is 5.91 Å². The summed E-state index contributed by atoms with van der Waals surface area (Å²) in [4.78, 5) is 14.7. The number of fused-ring (bicyclic) bond motifs is 1. The van der Waals surface area contributed by atoms with Crippen molar-refractivity contribution in [2.75, 3.05) is 13.2 Å². The Morgan fingerprint density at radius 1 is 1.33 bits per heavy atom. The molecule has 1 aliphatic heterocycles. The Balaban J connectivity index is 2.11. The van der Waals surface area contributed by atoms with Gasteiger partial charge in [0.1, 0.15) is 0 Å². The molecule has 4 nitrogen and oxygen atoms in total. The maximum absolute atomic E-state index is 12.8. The minimum Gasteiger partial charge on any atom is -0.395 e. The van der Waals surface area contributed by atoms with Crippen molar-refractivity contribution in [3.63, 3.8) is 0 Å². The summed E-state index contributed by atoms with van der Waals surface area (Å²) in [7, 11) is 0. The smallest absolute Gasteiger partial charge is 0.240 e. The molecular formula is C17H26N2O2. The van der Waals surface area contributed by atoms with Crippen LogP contribution in [0.25, 0.3) is 0 Å².